The Hall–Kier alpha value is -2.70. The molecule has 7 heteroatoms. The summed E-state index contributed by atoms with van der Waals surface area (Å²) < 4.78 is 1.58. The van der Waals surface area contributed by atoms with Crippen LogP contribution in [0, 0.1) is 6.92 Å². The highest BCUT2D eigenvalue weighted by molar-refractivity contribution is 6.03. The maximum atomic E-state index is 12.1. The average molecular weight is 274 g/mol. The van der Waals surface area contributed by atoms with Gasteiger partial charge in [0, 0.05) is 12.7 Å². The molecule has 0 aliphatic rings. The smallest absolute Gasteiger partial charge is 0.335 e. The Morgan fingerprint density at radius 2 is 2.15 bits per heavy atom. The molecule has 0 atom stereocenters. The molecular formula is C13H14N4O3. The number of nitrogens with zero attached hydrogens (tertiary/aromatic N) is 3. The Balaban J connectivity index is 2.23. The largest absolute Gasteiger partial charge is 0.478 e. The predicted octanol–water partition coefficient (Wildman–Crippen LogP) is 1.56. The number of nitrogens with one attached hydrogen (secondary N) is 1. The van der Waals surface area contributed by atoms with Crippen LogP contribution in [0.15, 0.2) is 24.4 Å². The van der Waals surface area contributed by atoms with Gasteiger partial charge in [0.15, 0.2) is 0 Å². The van der Waals surface area contributed by atoms with Gasteiger partial charge in [-0.05, 0) is 32.0 Å². The van der Waals surface area contributed by atoms with Crippen molar-refractivity contribution < 1.29 is 14.7 Å². The summed E-state index contributed by atoms with van der Waals surface area (Å²) in [6, 6.07) is 4.33. The Morgan fingerprint density at radius 1 is 1.40 bits per heavy atom. The second kappa shape index (κ2) is 5.52. The van der Waals surface area contributed by atoms with E-state index in [4.69, 9.17) is 5.11 Å². The summed E-state index contributed by atoms with van der Waals surface area (Å²) in [5, 5.41) is 15.6. The zero-order valence-electron chi connectivity index (χ0n) is 11.1. The number of aryl methyl sites for hydroxylation is 2. The Bertz CT molecular complexity index is 663. The number of hydrogen-bond acceptors (Lipinski definition) is 4. The van der Waals surface area contributed by atoms with E-state index in [0.717, 1.165) is 5.69 Å². The molecule has 2 heterocycles. The van der Waals surface area contributed by atoms with Crippen LogP contribution in [0.2, 0.25) is 0 Å². The molecule has 0 aliphatic carbocycles. The highest BCUT2D eigenvalue weighted by Gasteiger charge is 2.14. The number of rotatable bonds is 4. The molecule has 2 N–H and O–H groups in total. The molecule has 0 aromatic carbocycles. The van der Waals surface area contributed by atoms with Crippen molar-refractivity contribution in [1.29, 1.82) is 0 Å². The van der Waals surface area contributed by atoms with Crippen molar-refractivity contribution in [3.05, 3.63) is 41.3 Å². The van der Waals surface area contributed by atoms with Gasteiger partial charge in [0.05, 0.1) is 11.3 Å². The molecule has 104 valence electrons. The van der Waals surface area contributed by atoms with Gasteiger partial charge in [0.1, 0.15) is 11.5 Å². The minimum absolute atomic E-state index is 0.0653. The van der Waals surface area contributed by atoms with E-state index in [2.05, 4.69) is 15.4 Å². The summed E-state index contributed by atoms with van der Waals surface area (Å²) in [4.78, 5) is 26.9. The molecular weight excluding hydrogens is 260 g/mol. The van der Waals surface area contributed by atoms with Crippen LogP contribution < -0.4 is 5.32 Å². The molecule has 0 bridgehead atoms. The molecule has 0 saturated carbocycles. The maximum Gasteiger partial charge on any atom is 0.335 e. The highest BCUT2D eigenvalue weighted by atomic mass is 16.4. The lowest BCUT2D eigenvalue weighted by Crippen LogP contribution is -2.18. The maximum absolute atomic E-state index is 12.1. The number of anilines is 1. The van der Waals surface area contributed by atoms with Gasteiger partial charge in [0.25, 0.3) is 5.91 Å². The molecule has 0 spiro atoms. The highest BCUT2D eigenvalue weighted by Crippen LogP contribution is 2.10. The van der Waals surface area contributed by atoms with E-state index in [9.17, 15) is 9.59 Å². The molecule has 0 unspecified atom stereocenters. The molecule has 20 heavy (non-hydrogen) atoms. The van der Waals surface area contributed by atoms with E-state index < -0.39 is 5.97 Å². The number of amides is 1. The van der Waals surface area contributed by atoms with Crippen molar-refractivity contribution >= 4 is 17.7 Å². The fourth-order valence-electron chi connectivity index (χ4n) is 1.78. The number of carboxylic acid groups (broad SMARTS) is 1. The fraction of sp³-hybridized carbons (Fsp3) is 0.231. The number of hydrogen-bond donors (Lipinski definition) is 2. The Kier molecular flexibility index (Phi) is 3.79. The minimum Gasteiger partial charge on any atom is -0.478 e. The lowest BCUT2D eigenvalue weighted by molar-refractivity contribution is 0.0696. The minimum atomic E-state index is -1.07. The second-order valence-corrected chi connectivity index (χ2v) is 4.18. The van der Waals surface area contributed by atoms with E-state index in [0.29, 0.717) is 12.2 Å². The van der Waals surface area contributed by atoms with Crippen LogP contribution in [-0.2, 0) is 6.54 Å². The van der Waals surface area contributed by atoms with Crippen molar-refractivity contribution in [2.24, 2.45) is 0 Å². The van der Waals surface area contributed by atoms with Gasteiger partial charge in [-0.15, -0.1) is 0 Å². The van der Waals surface area contributed by atoms with Gasteiger partial charge in [0.2, 0.25) is 0 Å². The average Bonchev–Trinajstić information content (AvgIpc) is 2.80. The van der Waals surface area contributed by atoms with Gasteiger partial charge in [-0.3, -0.25) is 9.48 Å². The lowest BCUT2D eigenvalue weighted by Gasteiger charge is -2.06. The SMILES string of the molecule is CCn1nc(C)cc1C(=O)Nc1cc(C(=O)O)ccn1. The normalized spacial score (nSPS) is 10.3. The number of carbonyl (C=O) groups is 2. The van der Waals surface area contributed by atoms with Crippen LogP contribution >= 0.6 is 0 Å². The Labute approximate surface area is 115 Å². The van der Waals surface area contributed by atoms with Crippen LogP contribution in [0.5, 0.6) is 0 Å². The first-order valence-corrected chi connectivity index (χ1v) is 6.06. The molecule has 0 saturated heterocycles. The summed E-state index contributed by atoms with van der Waals surface area (Å²) in [6.07, 6.45) is 1.33. The topological polar surface area (TPSA) is 97.1 Å². The zero-order chi connectivity index (χ0) is 14.7. The number of aromatic carboxylic acids is 1. The van der Waals surface area contributed by atoms with Crippen LogP contribution in [0.25, 0.3) is 0 Å². The molecule has 0 aliphatic heterocycles. The van der Waals surface area contributed by atoms with Gasteiger partial charge in [-0.25, -0.2) is 9.78 Å². The summed E-state index contributed by atoms with van der Waals surface area (Å²) in [5.41, 5.74) is 1.22. The third-order valence-corrected chi connectivity index (χ3v) is 2.68. The standard InChI is InChI=1S/C13H14N4O3/c1-3-17-10(6-8(2)16-17)12(18)15-11-7-9(13(19)20)4-5-14-11/h4-7H,3H2,1-2H3,(H,19,20)(H,14,15,18). The first kappa shape index (κ1) is 13.7. The van der Waals surface area contributed by atoms with Crippen LogP contribution in [0.1, 0.15) is 33.5 Å². The summed E-state index contributed by atoms with van der Waals surface area (Å²) in [6.45, 7) is 4.25. The van der Waals surface area contributed by atoms with E-state index >= 15 is 0 Å². The third-order valence-electron chi connectivity index (χ3n) is 2.68. The van der Waals surface area contributed by atoms with Crippen molar-refractivity contribution in [1.82, 2.24) is 14.8 Å². The molecule has 2 rings (SSSR count). The summed E-state index contributed by atoms with van der Waals surface area (Å²) in [7, 11) is 0. The molecule has 0 fully saturated rings. The number of pyridine rings is 1. The van der Waals surface area contributed by atoms with Gasteiger partial charge in [-0.1, -0.05) is 0 Å². The summed E-state index contributed by atoms with van der Waals surface area (Å²) in [5.74, 6) is -1.25. The Morgan fingerprint density at radius 3 is 2.80 bits per heavy atom. The van der Waals surface area contributed by atoms with Gasteiger partial charge in [-0.2, -0.15) is 5.10 Å². The first-order valence-electron chi connectivity index (χ1n) is 6.06. The third kappa shape index (κ3) is 2.82. The van der Waals surface area contributed by atoms with Gasteiger partial charge >= 0.3 is 5.97 Å². The van der Waals surface area contributed by atoms with E-state index in [1.54, 1.807) is 17.7 Å². The zero-order valence-corrected chi connectivity index (χ0v) is 11.1. The molecule has 7 nitrogen and oxygen atoms in total. The second-order valence-electron chi connectivity index (χ2n) is 4.18. The first-order chi connectivity index (χ1) is 9.51. The van der Waals surface area contributed by atoms with Crippen molar-refractivity contribution in [3.63, 3.8) is 0 Å². The molecule has 0 radical (unpaired) electrons. The van der Waals surface area contributed by atoms with Crippen molar-refractivity contribution in [2.75, 3.05) is 5.32 Å². The van der Waals surface area contributed by atoms with Crippen molar-refractivity contribution in [2.45, 2.75) is 20.4 Å². The van der Waals surface area contributed by atoms with E-state index in [1.807, 2.05) is 6.92 Å². The number of carbonyl (C=O) groups excluding carboxylic acids is 1. The van der Waals surface area contributed by atoms with Crippen LogP contribution in [0.4, 0.5) is 5.82 Å². The summed E-state index contributed by atoms with van der Waals surface area (Å²) >= 11 is 0. The number of aromatic nitrogens is 3. The van der Waals surface area contributed by atoms with Crippen LogP contribution in [-0.4, -0.2) is 31.7 Å². The van der Waals surface area contributed by atoms with Crippen LogP contribution in [0.3, 0.4) is 0 Å². The monoisotopic (exact) mass is 274 g/mol. The molecule has 1 amide bonds. The predicted molar refractivity (Wildman–Crippen MR) is 71.8 cm³/mol. The number of carboxylic acids is 1. The van der Waals surface area contributed by atoms with Crippen molar-refractivity contribution in [3.8, 4) is 0 Å². The lowest BCUT2D eigenvalue weighted by atomic mass is 10.2. The molecule has 2 aromatic heterocycles. The van der Waals surface area contributed by atoms with E-state index in [1.165, 1.54) is 18.3 Å². The fourth-order valence-corrected chi connectivity index (χ4v) is 1.78. The van der Waals surface area contributed by atoms with E-state index in [-0.39, 0.29) is 17.3 Å². The quantitative estimate of drug-likeness (QED) is 0.881. The molecule has 2 aromatic rings. The van der Waals surface area contributed by atoms with Gasteiger partial charge < -0.3 is 10.4 Å².